The van der Waals surface area contributed by atoms with E-state index in [0.717, 1.165) is 34.6 Å². The van der Waals surface area contributed by atoms with Gasteiger partial charge < -0.3 is 19.9 Å². The Morgan fingerprint density at radius 3 is 2.80 bits per heavy atom. The summed E-state index contributed by atoms with van der Waals surface area (Å²) in [5.74, 6) is 0.434. The fourth-order valence-electron chi connectivity index (χ4n) is 3.42. The monoisotopic (exact) mass is 492 g/mol. The topological polar surface area (TPSA) is 113 Å². The van der Waals surface area contributed by atoms with E-state index in [4.69, 9.17) is 4.74 Å². The first kappa shape index (κ1) is 24.3. The molecule has 9 nitrogen and oxygen atoms in total. The summed E-state index contributed by atoms with van der Waals surface area (Å²) in [5.41, 5.74) is 2.90. The molecule has 0 spiro atoms. The van der Waals surface area contributed by atoms with Crippen LogP contribution in [0.25, 0.3) is 11.0 Å². The Bertz CT molecular complexity index is 1220. The van der Waals surface area contributed by atoms with Crippen LogP contribution in [0.5, 0.6) is 0 Å². The molecule has 182 valence electrons. The average Bonchev–Trinajstić information content (AvgIpc) is 3.52. The van der Waals surface area contributed by atoms with Gasteiger partial charge in [-0.15, -0.1) is 11.3 Å². The number of rotatable bonds is 11. The summed E-state index contributed by atoms with van der Waals surface area (Å²) >= 11 is 1.40. The number of benzene rings is 1. The van der Waals surface area contributed by atoms with Crippen molar-refractivity contribution in [3.8, 4) is 0 Å². The maximum absolute atomic E-state index is 12.8. The highest BCUT2D eigenvalue weighted by Crippen LogP contribution is 2.15. The molecule has 3 aromatic heterocycles. The van der Waals surface area contributed by atoms with Crippen molar-refractivity contribution in [2.75, 3.05) is 13.2 Å². The van der Waals surface area contributed by atoms with E-state index in [9.17, 15) is 9.59 Å². The Balaban J connectivity index is 1.37. The van der Waals surface area contributed by atoms with E-state index in [2.05, 4.69) is 25.3 Å². The van der Waals surface area contributed by atoms with E-state index in [1.54, 1.807) is 16.5 Å². The molecule has 2 amide bonds. The molecule has 1 aromatic carbocycles. The number of para-hydroxylation sites is 2. The predicted molar refractivity (Wildman–Crippen MR) is 134 cm³/mol. The summed E-state index contributed by atoms with van der Waals surface area (Å²) in [7, 11) is 0. The number of fused-ring (bicyclic) bond motifs is 1. The van der Waals surface area contributed by atoms with Crippen LogP contribution in [-0.4, -0.2) is 50.0 Å². The van der Waals surface area contributed by atoms with E-state index < -0.39 is 0 Å². The molecule has 3 heterocycles. The number of hydrogen-bond donors (Lipinski definition) is 2. The number of aromatic nitrogens is 4. The van der Waals surface area contributed by atoms with Gasteiger partial charge in [-0.3, -0.25) is 9.78 Å². The van der Waals surface area contributed by atoms with Crippen LogP contribution in [0.1, 0.15) is 46.8 Å². The quantitative estimate of drug-likeness (QED) is 0.301. The van der Waals surface area contributed by atoms with Crippen LogP contribution in [0.2, 0.25) is 0 Å². The van der Waals surface area contributed by atoms with Crippen LogP contribution in [0.15, 0.2) is 54.0 Å². The highest BCUT2D eigenvalue weighted by atomic mass is 32.1. The third-order valence-electron chi connectivity index (χ3n) is 5.30. The number of imidazole rings is 1. The lowest BCUT2D eigenvalue weighted by Gasteiger charge is -2.20. The zero-order chi connectivity index (χ0) is 24.5. The molecule has 0 aliphatic carbocycles. The zero-order valence-electron chi connectivity index (χ0n) is 19.6. The molecule has 10 heteroatoms. The smallest absolute Gasteiger partial charge is 0.410 e. The molecule has 4 aromatic rings. The molecule has 0 saturated carbocycles. The second-order valence-corrected chi connectivity index (χ2v) is 8.91. The van der Waals surface area contributed by atoms with Gasteiger partial charge in [0.25, 0.3) is 5.91 Å². The van der Waals surface area contributed by atoms with Crippen molar-refractivity contribution in [1.29, 1.82) is 0 Å². The van der Waals surface area contributed by atoms with Crippen molar-refractivity contribution < 1.29 is 14.3 Å². The Morgan fingerprint density at radius 2 is 2.00 bits per heavy atom. The maximum atomic E-state index is 12.8. The molecule has 0 saturated heterocycles. The minimum atomic E-state index is -0.385. The van der Waals surface area contributed by atoms with Crippen LogP contribution in [0, 0.1) is 0 Å². The highest BCUT2D eigenvalue weighted by molar-refractivity contribution is 7.09. The summed E-state index contributed by atoms with van der Waals surface area (Å²) in [6.07, 6.45) is 3.56. The second kappa shape index (κ2) is 12.1. The normalized spacial score (nSPS) is 10.9. The van der Waals surface area contributed by atoms with Crippen LogP contribution in [0.3, 0.4) is 0 Å². The first-order chi connectivity index (χ1) is 17.1. The number of hydrogen-bond acceptors (Lipinski definition) is 7. The van der Waals surface area contributed by atoms with Gasteiger partial charge in [-0.05, 0) is 30.7 Å². The van der Waals surface area contributed by atoms with Crippen LogP contribution in [0.4, 0.5) is 4.79 Å². The van der Waals surface area contributed by atoms with Gasteiger partial charge in [-0.1, -0.05) is 31.5 Å². The standard InChI is InChI=1S/C25H28N6O3S/c1-2-3-14-34-25(33)31(16-22-28-19-9-4-5-10-20(19)29-22)13-11-23-30-21(17-35-23)24(32)27-15-18-8-6-7-12-26-18/h4-10,12,17H,2-3,11,13-16H2,1H3,(H,27,32)(H,28,29). The molecule has 0 radical (unpaired) electrons. The summed E-state index contributed by atoms with van der Waals surface area (Å²) < 4.78 is 5.46. The van der Waals surface area contributed by atoms with Crippen molar-refractivity contribution in [1.82, 2.24) is 30.2 Å². The minimum Gasteiger partial charge on any atom is -0.449 e. The summed E-state index contributed by atoms with van der Waals surface area (Å²) in [4.78, 5) is 43.3. The first-order valence-electron chi connectivity index (χ1n) is 11.6. The molecule has 0 fully saturated rings. The fourth-order valence-corrected chi connectivity index (χ4v) is 4.18. The Hall–Kier alpha value is -3.79. The largest absolute Gasteiger partial charge is 0.449 e. The SMILES string of the molecule is CCCCOC(=O)N(CCc1nc(C(=O)NCc2ccccn2)cs1)Cc1nc2ccccc2[nH]1. The van der Waals surface area contributed by atoms with E-state index in [1.807, 2.05) is 49.4 Å². The number of nitrogens with zero attached hydrogens (tertiary/aromatic N) is 4. The lowest BCUT2D eigenvalue weighted by Crippen LogP contribution is -2.33. The molecule has 0 aliphatic heterocycles. The maximum Gasteiger partial charge on any atom is 0.410 e. The molecule has 0 aliphatic rings. The van der Waals surface area contributed by atoms with Crippen molar-refractivity contribution >= 4 is 34.4 Å². The van der Waals surface area contributed by atoms with E-state index in [0.29, 0.717) is 44.2 Å². The molecule has 35 heavy (non-hydrogen) atoms. The fraction of sp³-hybridized carbons (Fsp3) is 0.320. The Labute approximate surface area is 207 Å². The Morgan fingerprint density at radius 1 is 1.14 bits per heavy atom. The zero-order valence-corrected chi connectivity index (χ0v) is 20.4. The van der Waals surface area contributed by atoms with Crippen molar-refractivity contribution in [3.05, 3.63) is 76.3 Å². The number of H-pyrrole nitrogens is 1. The van der Waals surface area contributed by atoms with Gasteiger partial charge in [0.1, 0.15) is 11.5 Å². The molecule has 0 bridgehead atoms. The minimum absolute atomic E-state index is 0.253. The summed E-state index contributed by atoms with van der Waals surface area (Å²) in [6, 6.07) is 13.3. The van der Waals surface area contributed by atoms with E-state index in [-0.39, 0.29) is 12.0 Å². The summed E-state index contributed by atoms with van der Waals surface area (Å²) in [5, 5.41) is 5.33. The van der Waals surface area contributed by atoms with Gasteiger partial charge >= 0.3 is 6.09 Å². The molecular weight excluding hydrogens is 464 g/mol. The third-order valence-corrected chi connectivity index (χ3v) is 6.21. The summed E-state index contributed by atoms with van der Waals surface area (Å²) in [6.45, 7) is 3.45. The number of carbonyl (C=O) groups is 2. The number of unbranched alkanes of at least 4 members (excludes halogenated alkanes) is 1. The van der Waals surface area contributed by atoms with Gasteiger partial charge in [0.05, 0.1) is 41.4 Å². The number of thiazole rings is 1. The Kier molecular flexibility index (Phi) is 8.39. The van der Waals surface area contributed by atoms with Crippen LogP contribution in [-0.2, 0) is 24.2 Å². The number of aromatic amines is 1. The number of amides is 2. The molecular formula is C25H28N6O3S. The lowest BCUT2D eigenvalue weighted by molar-refractivity contribution is 0.0942. The van der Waals surface area contributed by atoms with Gasteiger partial charge in [0, 0.05) is 24.5 Å². The van der Waals surface area contributed by atoms with Crippen LogP contribution < -0.4 is 5.32 Å². The molecule has 4 rings (SSSR count). The predicted octanol–water partition coefficient (Wildman–Crippen LogP) is 4.33. The van der Waals surface area contributed by atoms with Crippen molar-refractivity contribution in [3.63, 3.8) is 0 Å². The number of nitrogens with one attached hydrogen (secondary N) is 2. The second-order valence-electron chi connectivity index (χ2n) is 7.97. The number of pyridine rings is 1. The first-order valence-corrected chi connectivity index (χ1v) is 12.5. The molecule has 2 N–H and O–H groups in total. The average molecular weight is 493 g/mol. The van der Waals surface area contributed by atoms with Gasteiger partial charge in [-0.25, -0.2) is 14.8 Å². The third kappa shape index (κ3) is 6.86. The van der Waals surface area contributed by atoms with E-state index >= 15 is 0 Å². The molecule has 0 atom stereocenters. The van der Waals surface area contributed by atoms with Gasteiger partial charge in [0.15, 0.2) is 0 Å². The lowest BCUT2D eigenvalue weighted by atomic mass is 10.3. The molecule has 0 unspecified atom stereocenters. The van der Waals surface area contributed by atoms with Crippen LogP contribution >= 0.6 is 11.3 Å². The number of ether oxygens (including phenoxy) is 1. The highest BCUT2D eigenvalue weighted by Gasteiger charge is 2.19. The van der Waals surface area contributed by atoms with Crippen molar-refractivity contribution in [2.45, 2.75) is 39.3 Å². The number of carbonyl (C=O) groups excluding carboxylic acids is 2. The van der Waals surface area contributed by atoms with E-state index in [1.165, 1.54) is 11.3 Å². The van der Waals surface area contributed by atoms with Crippen molar-refractivity contribution in [2.24, 2.45) is 0 Å². The van der Waals surface area contributed by atoms with Gasteiger partial charge in [0.2, 0.25) is 0 Å². The van der Waals surface area contributed by atoms with Gasteiger partial charge in [-0.2, -0.15) is 0 Å².